The van der Waals surface area contributed by atoms with Gasteiger partial charge in [0.25, 0.3) is 0 Å². The molecular weight excluding hydrogens is 276 g/mol. The Labute approximate surface area is 131 Å². The van der Waals surface area contributed by atoms with Gasteiger partial charge in [-0.25, -0.2) is 4.79 Å². The average molecular weight is 300 g/mol. The molecule has 0 saturated carbocycles. The van der Waals surface area contributed by atoms with Gasteiger partial charge in [0.15, 0.2) is 0 Å². The van der Waals surface area contributed by atoms with Gasteiger partial charge in [-0.3, -0.25) is 4.90 Å². The van der Waals surface area contributed by atoms with Crippen molar-refractivity contribution in [1.82, 2.24) is 4.90 Å². The highest BCUT2D eigenvalue weighted by Crippen LogP contribution is 2.39. The third kappa shape index (κ3) is 2.96. The minimum Gasteiger partial charge on any atom is -0.444 e. The van der Waals surface area contributed by atoms with E-state index in [1.165, 1.54) is 11.1 Å². The molecule has 0 spiro atoms. The fraction of sp³-hybridized carbons (Fsp3) is 0.500. The first-order valence-corrected chi connectivity index (χ1v) is 7.91. The van der Waals surface area contributed by atoms with Crippen molar-refractivity contribution in [1.29, 1.82) is 0 Å². The lowest BCUT2D eigenvalue weighted by Crippen LogP contribution is -2.45. The maximum absolute atomic E-state index is 12.4. The van der Waals surface area contributed by atoms with E-state index in [4.69, 9.17) is 10.5 Å². The summed E-state index contributed by atoms with van der Waals surface area (Å²) in [6, 6.07) is 8.38. The summed E-state index contributed by atoms with van der Waals surface area (Å²) in [7, 11) is 0. The Morgan fingerprint density at radius 2 is 1.91 bits per heavy atom. The fourth-order valence-electron chi connectivity index (χ4n) is 3.34. The van der Waals surface area contributed by atoms with Crippen LogP contribution >= 0.6 is 0 Å². The van der Waals surface area contributed by atoms with Crippen molar-refractivity contribution in [2.75, 3.05) is 5.73 Å². The summed E-state index contributed by atoms with van der Waals surface area (Å²) in [5.41, 5.74) is 8.60. The third-order valence-corrected chi connectivity index (χ3v) is 4.28. The number of nitrogens with zero attached hydrogens (tertiary/aromatic N) is 1. The summed E-state index contributed by atoms with van der Waals surface area (Å²) in [4.78, 5) is 14.3. The highest BCUT2D eigenvalue weighted by atomic mass is 16.6. The molecule has 2 heterocycles. The van der Waals surface area contributed by atoms with Crippen LogP contribution in [0.15, 0.2) is 30.3 Å². The van der Waals surface area contributed by atoms with Gasteiger partial charge >= 0.3 is 6.09 Å². The molecule has 0 aliphatic carbocycles. The first-order valence-electron chi connectivity index (χ1n) is 7.91. The zero-order chi connectivity index (χ0) is 15.9. The van der Waals surface area contributed by atoms with Crippen molar-refractivity contribution in [3.8, 4) is 0 Å². The molecule has 2 aliphatic heterocycles. The number of fused-ring (bicyclic) bond motifs is 2. The second kappa shape index (κ2) is 5.34. The van der Waals surface area contributed by atoms with E-state index in [9.17, 15) is 4.79 Å². The molecule has 4 nitrogen and oxygen atoms in total. The lowest BCUT2D eigenvalue weighted by atomic mass is 9.95. The zero-order valence-electron chi connectivity index (χ0n) is 13.5. The van der Waals surface area contributed by atoms with Crippen molar-refractivity contribution < 1.29 is 9.53 Å². The maximum Gasteiger partial charge on any atom is 0.411 e. The van der Waals surface area contributed by atoms with Crippen LogP contribution in [0.25, 0.3) is 5.57 Å². The Balaban J connectivity index is 1.80. The monoisotopic (exact) mass is 300 g/mol. The van der Waals surface area contributed by atoms with Crippen LogP contribution in [0.1, 0.15) is 45.6 Å². The van der Waals surface area contributed by atoms with Crippen LogP contribution in [0.3, 0.4) is 0 Å². The molecule has 4 heteroatoms. The Kier molecular flexibility index (Phi) is 3.63. The number of carbonyl (C=O) groups is 1. The van der Waals surface area contributed by atoms with Gasteiger partial charge in [-0.15, -0.1) is 0 Å². The van der Waals surface area contributed by atoms with Crippen LogP contribution in [-0.2, 0) is 4.74 Å². The molecule has 1 aromatic carbocycles. The number of hydrogen-bond donors (Lipinski definition) is 1. The van der Waals surface area contributed by atoms with Crippen LogP contribution < -0.4 is 5.73 Å². The molecule has 1 fully saturated rings. The summed E-state index contributed by atoms with van der Waals surface area (Å²) in [6.45, 7) is 5.73. The topological polar surface area (TPSA) is 55.6 Å². The first kappa shape index (κ1) is 14.9. The average Bonchev–Trinajstić information content (AvgIpc) is 2.69. The lowest BCUT2D eigenvalue weighted by molar-refractivity contribution is 0.0175. The van der Waals surface area contributed by atoms with E-state index < -0.39 is 5.60 Å². The van der Waals surface area contributed by atoms with Gasteiger partial charge in [-0.1, -0.05) is 18.2 Å². The molecule has 1 saturated heterocycles. The molecule has 1 aromatic rings. The van der Waals surface area contributed by atoms with Crippen molar-refractivity contribution in [2.24, 2.45) is 0 Å². The van der Waals surface area contributed by atoms with Crippen molar-refractivity contribution >= 4 is 17.4 Å². The smallest absolute Gasteiger partial charge is 0.411 e. The van der Waals surface area contributed by atoms with Crippen LogP contribution in [0.2, 0.25) is 0 Å². The van der Waals surface area contributed by atoms with E-state index in [1.54, 1.807) is 0 Å². The van der Waals surface area contributed by atoms with Gasteiger partial charge < -0.3 is 10.5 Å². The number of nitrogen functional groups attached to an aromatic ring is 1. The minimum atomic E-state index is -0.447. The Morgan fingerprint density at radius 1 is 1.23 bits per heavy atom. The lowest BCUT2D eigenvalue weighted by Gasteiger charge is -2.35. The van der Waals surface area contributed by atoms with Crippen LogP contribution in [0, 0.1) is 0 Å². The highest BCUT2D eigenvalue weighted by molar-refractivity contribution is 5.75. The van der Waals surface area contributed by atoms with E-state index in [0.717, 1.165) is 24.9 Å². The van der Waals surface area contributed by atoms with E-state index in [1.807, 2.05) is 37.8 Å². The van der Waals surface area contributed by atoms with E-state index >= 15 is 0 Å². The molecule has 2 bridgehead atoms. The van der Waals surface area contributed by atoms with Gasteiger partial charge in [0, 0.05) is 11.7 Å². The summed E-state index contributed by atoms with van der Waals surface area (Å²) in [5.74, 6) is 0. The number of hydrogen-bond acceptors (Lipinski definition) is 3. The van der Waals surface area contributed by atoms with Crippen LogP contribution in [0.4, 0.5) is 10.5 Å². The number of carbonyl (C=O) groups excluding carboxylic acids is 1. The first-order chi connectivity index (χ1) is 10.3. The number of ether oxygens (including phenoxy) is 1. The third-order valence-electron chi connectivity index (χ3n) is 4.28. The van der Waals surface area contributed by atoms with E-state index in [-0.39, 0.29) is 18.2 Å². The van der Waals surface area contributed by atoms with Crippen LogP contribution in [0.5, 0.6) is 0 Å². The minimum absolute atomic E-state index is 0.154. The predicted molar refractivity (Wildman–Crippen MR) is 88.3 cm³/mol. The molecular formula is C18H24N2O2. The molecule has 2 atom stereocenters. The molecule has 1 amide bonds. The summed E-state index contributed by atoms with van der Waals surface area (Å²) < 4.78 is 5.56. The second-order valence-corrected chi connectivity index (χ2v) is 7.20. The SMILES string of the molecule is CC(C)(C)OC(=O)N1[C@@H]2CC[C@H]1C=C(c1ccc(N)cc1)C2. The van der Waals surface area contributed by atoms with Gasteiger partial charge in [-0.05, 0) is 63.3 Å². The summed E-state index contributed by atoms with van der Waals surface area (Å²) in [5, 5.41) is 0. The highest BCUT2D eigenvalue weighted by Gasteiger charge is 2.41. The van der Waals surface area contributed by atoms with Crippen molar-refractivity contribution in [3.63, 3.8) is 0 Å². The van der Waals surface area contributed by atoms with Crippen molar-refractivity contribution in [2.45, 2.75) is 57.7 Å². The number of benzene rings is 1. The van der Waals surface area contributed by atoms with Gasteiger partial charge in [-0.2, -0.15) is 0 Å². The normalized spacial score (nSPS) is 24.1. The standard InChI is InChI=1S/C18H24N2O2/c1-18(2,3)22-17(21)20-15-8-9-16(20)11-13(10-15)12-4-6-14(19)7-5-12/h4-7,10,15-16H,8-9,11,19H2,1-3H3/t15-,16+/m0/s1. The fourth-order valence-corrected chi connectivity index (χ4v) is 3.34. The molecule has 2 N–H and O–H groups in total. The predicted octanol–water partition coefficient (Wildman–Crippen LogP) is 3.82. The molecule has 0 aromatic heterocycles. The zero-order valence-corrected chi connectivity index (χ0v) is 13.5. The second-order valence-electron chi connectivity index (χ2n) is 7.20. The number of anilines is 1. The Bertz CT molecular complexity index is 599. The largest absolute Gasteiger partial charge is 0.444 e. The van der Waals surface area contributed by atoms with E-state index in [0.29, 0.717) is 0 Å². The molecule has 0 unspecified atom stereocenters. The van der Waals surface area contributed by atoms with Gasteiger partial charge in [0.2, 0.25) is 0 Å². The van der Waals surface area contributed by atoms with Gasteiger partial charge in [0.05, 0.1) is 6.04 Å². The van der Waals surface area contributed by atoms with E-state index in [2.05, 4.69) is 18.2 Å². The molecule has 118 valence electrons. The maximum atomic E-state index is 12.4. The number of nitrogens with two attached hydrogens (primary N) is 1. The quantitative estimate of drug-likeness (QED) is 0.802. The Hall–Kier alpha value is -1.97. The van der Waals surface area contributed by atoms with Gasteiger partial charge in [0.1, 0.15) is 5.60 Å². The summed E-state index contributed by atoms with van der Waals surface area (Å²) >= 11 is 0. The number of rotatable bonds is 1. The summed E-state index contributed by atoms with van der Waals surface area (Å²) in [6.07, 6.45) is 4.98. The molecule has 3 rings (SSSR count). The number of amides is 1. The van der Waals surface area contributed by atoms with Crippen molar-refractivity contribution in [3.05, 3.63) is 35.9 Å². The molecule has 2 aliphatic rings. The molecule has 22 heavy (non-hydrogen) atoms. The van der Waals surface area contributed by atoms with Crippen LogP contribution in [-0.4, -0.2) is 28.7 Å². The Morgan fingerprint density at radius 3 is 2.50 bits per heavy atom. The molecule has 0 radical (unpaired) electrons.